The molecule has 2 bridgehead atoms. The molecule has 3 atom stereocenters. The first-order chi connectivity index (χ1) is 12.4. The molecular weight excluding hydrogens is 390 g/mol. The maximum absolute atomic E-state index is 12.5. The Labute approximate surface area is 160 Å². The van der Waals surface area contributed by atoms with Crippen molar-refractivity contribution >= 4 is 39.0 Å². The highest BCUT2D eigenvalue weighted by Gasteiger charge is 2.39. The Hall–Kier alpha value is -1.39. The molecule has 0 unspecified atom stereocenters. The average Bonchev–Trinajstić information content (AvgIpc) is 3.31. The Balaban J connectivity index is 1.46. The van der Waals surface area contributed by atoms with Crippen LogP contribution in [0.4, 0.5) is 0 Å². The van der Waals surface area contributed by atoms with Gasteiger partial charge < -0.3 is 10.6 Å². The minimum Gasteiger partial charge on any atom is -0.347 e. The summed E-state index contributed by atoms with van der Waals surface area (Å²) < 4.78 is 24.3. The SMILES string of the molecule is NS(=O)(=O)c1ccccc1Sc1ccc(C(=O)N[C@@H]2C[C@H]3CC[C@@H]2N3)s1. The second-order valence-electron chi connectivity index (χ2n) is 6.58. The van der Waals surface area contributed by atoms with Crippen molar-refractivity contribution in [2.24, 2.45) is 5.14 Å². The quantitative estimate of drug-likeness (QED) is 0.703. The fraction of sp³-hybridized carbons (Fsp3) is 0.353. The van der Waals surface area contributed by atoms with E-state index < -0.39 is 10.0 Å². The third-order valence-corrected chi connectivity index (χ3v) is 8.18. The van der Waals surface area contributed by atoms with Crippen LogP contribution in [-0.4, -0.2) is 32.5 Å². The molecule has 0 aliphatic carbocycles. The molecule has 3 heterocycles. The summed E-state index contributed by atoms with van der Waals surface area (Å²) in [6.07, 6.45) is 3.30. The summed E-state index contributed by atoms with van der Waals surface area (Å²) in [5.74, 6) is -0.0686. The van der Waals surface area contributed by atoms with E-state index in [1.54, 1.807) is 24.3 Å². The van der Waals surface area contributed by atoms with Crippen molar-refractivity contribution in [3.05, 3.63) is 41.3 Å². The van der Waals surface area contributed by atoms with E-state index in [-0.39, 0.29) is 16.8 Å². The summed E-state index contributed by atoms with van der Waals surface area (Å²) in [5.41, 5.74) is 0. The highest BCUT2D eigenvalue weighted by atomic mass is 32.2. The van der Waals surface area contributed by atoms with E-state index >= 15 is 0 Å². The van der Waals surface area contributed by atoms with Gasteiger partial charge in [0.05, 0.1) is 14.0 Å². The molecule has 2 aliphatic heterocycles. The Bertz CT molecular complexity index is 941. The van der Waals surface area contributed by atoms with Crippen molar-refractivity contribution in [3.63, 3.8) is 0 Å². The Morgan fingerprint density at radius 2 is 2.04 bits per heavy atom. The molecule has 4 N–H and O–H groups in total. The van der Waals surface area contributed by atoms with Crippen molar-refractivity contribution in [2.45, 2.75) is 51.4 Å². The van der Waals surface area contributed by atoms with Gasteiger partial charge in [-0.2, -0.15) is 0 Å². The van der Waals surface area contributed by atoms with Gasteiger partial charge in [-0.25, -0.2) is 13.6 Å². The van der Waals surface area contributed by atoms with Gasteiger partial charge in [0.15, 0.2) is 0 Å². The minimum absolute atomic E-state index is 0.0686. The van der Waals surface area contributed by atoms with Crippen LogP contribution in [0.3, 0.4) is 0 Å². The summed E-state index contributed by atoms with van der Waals surface area (Å²) in [5, 5.41) is 11.9. The molecule has 138 valence electrons. The van der Waals surface area contributed by atoms with Gasteiger partial charge >= 0.3 is 0 Å². The van der Waals surface area contributed by atoms with E-state index in [2.05, 4.69) is 10.6 Å². The number of amides is 1. The number of thiophene rings is 1. The van der Waals surface area contributed by atoms with Crippen molar-refractivity contribution in [1.29, 1.82) is 0 Å². The summed E-state index contributed by atoms with van der Waals surface area (Å²) in [6.45, 7) is 0. The molecule has 1 amide bonds. The van der Waals surface area contributed by atoms with E-state index in [1.165, 1.54) is 35.6 Å². The van der Waals surface area contributed by atoms with Gasteiger partial charge in [-0.15, -0.1) is 11.3 Å². The van der Waals surface area contributed by atoms with Crippen LogP contribution in [0.25, 0.3) is 0 Å². The molecule has 9 heteroatoms. The van der Waals surface area contributed by atoms with Gasteiger partial charge in [-0.05, 0) is 43.5 Å². The zero-order valence-corrected chi connectivity index (χ0v) is 16.3. The van der Waals surface area contributed by atoms with Gasteiger partial charge in [0.2, 0.25) is 10.0 Å². The van der Waals surface area contributed by atoms with Crippen LogP contribution in [-0.2, 0) is 10.0 Å². The summed E-state index contributed by atoms with van der Waals surface area (Å²) >= 11 is 2.65. The first-order valence-corrected chi connectivity index (χ1v) is 11.5. The molecule has 2 fully saturated rings. The number of carbonyl (C=O) groups is 1. The molecule has 2 aliphatic rings. The topological polar surface area (TPSA) is 101 Å². The maximum atomic E-state index is 12.5. The second-order valence-corrected chi connectivity index (χ2v) is 10.5. The molecule has 0 saturated carbocycles. The zero-order chi connectivity index (χ0) is 18.3. The molecule has 1 aromatic heterocycles. The number of fused-ring (bicyclic) bond motifs is 2. The first kappa shape index (κ1) is 18.0. The van der Waals surface area contributed by atoms with Crippen LogP contribution >= 0.6 is 23.1 Å². The predicted molar refractivity (Wildman–Crippen MR) is 102 cm³/mol. The number of nitrogens with two attached hydrogens (primary N) is 1. The number of carbonyl (C=O) groups excluding carboxylic acids is 1. The molecule has 2 aromatic rings. The van der Waals surface area contributed by atoms with Crippen LogP contribution in [0.2, 0.25) is 0 Å². The molecule has 1 aromatic carbocycles. The van der Waals surface area contributed by atoms with Crippen molar-refractivity contribution < 1.29 is 13.2 Å². The molecular formula is C17H19N3O3S3. The van der Waals surface area contributed by atoms with Crippen LogP contribution in [0, 0.1) is 0 Å². The average molecular weight is 410 g/mol. The van der Waals surface area contributed by atoms with Gasteiger partial charge in [0.1, 0.15) is 0 Å². The minimum atomic E-state index is -3.79. The number of sulfonamides is 1. The molecule has 0 spiro atoms. The third kappa shape index (κ3) is 3.67. The third-order valence-electron chi connectivity index (χ3n) is 4.79. The normalized spacial score (nSPS) is 24.7. The van der Waals surface area contributed by atoms with Crippen molar-refractivity contribution in [1.82, 2.24) is 10.6 Å². The second kappa shape index (κ2) is 6.97. The van der Waals surface area contributed by atoms with E-state index in [4.69, 9.17) is 5.14 Å². The highest BCUT2D eigenvalue weighted by molar-refractivity contribution is 8.01. The van der Waals surface area contributed by atoms with Gasteiger partial charge in [-0.3, -0.25) is 4.79 Å². The monoisotopic (exact) mass is 409 g/mol. The van der Waals surface area contributed by atoms with Crippen LogP contribution in [0.15, 0.2) is 50.4 Å². The smallest absolute Gasteiger partial charge is 0.261 e. The number of nitrogens with one attached hydrogen (secondary N) is 2. The van der Waals surface area contributed by atoms with E-state index in [1.807, 2.05) is 6.07 Å². The van der Waals surface area contributed by atoms with Crippen LogP contribution in [0.1, 0.15) is 28.9 Å². The molecule has 26 heavy (non-hydrogen) atoms. The summed E-state index contributed by atoms with van der Waals surface area (Å²) in [4.78, 5) is 13.8. The lowest BCUT2D eigenvalue weighted by molar-refractivity contribution is 0.0935. The lowest BCUT2D eigenvalue weighted by Gasteiger charge is -2.20. The summed E-state index contributed by atoms with van der Waals surface area (Å²) in [6, 6.07) is 11.3. The number of benzene rings is 1. The molecule has 6 nitrogen and oxygen atoms in total. The fourth-order valence-corrected chi connectivity index (χ4v) is 6.70. The Kier molecular flexibility index (Phi) is 4.83. The van der Waals surface area contributed by atoms with Gasteiger partial charge in [0.25, 0.3) is 5.91 Å². The first-order valence-electron chi connectivity index (χ1n) is 8.36. The maximum Gasteiger partial charge on any atom is 0.261 e. The van der Waals surface area contributed by atoms with E-state index in [9.17, 15) is 13.2 Å². The largest absolute Gasteiger partial charge is 0.347 e. The lowest BCUT2D eigenvalue weighted by atomic mass is 9.95. The Morgan fingerprint density at radius 3 is 2.73 bits per heavy atom. The van der Waals surface area contributed by atoms with E-state index in [0.29, 0.717) is 21.9 Å². The lowest BCUT2D eigenvalue weighted by Crippen LogP contribution is -2.42. The van der Waals surface area contributed by atoms with Crippen molar-refractivity contribution in [3.8, 4) is 0 Å². The van der Waals surface area contributed by atoms with Crippen molar-refractivity contribution in [2.75, 3.05) is 0 Å². The fourth-order valence-electron chi connectivity index (χ4n) is 3.60. The number of hydrogen-bond donors (Lipinski definition) is 3. The van der Waals surface area contributed by atoms with E-state index in [0.717, 1.165) is 17.1 Å². The van der Waals surface area contributed by atoms with Gasteiger partial charge in [-0.1, -0.05) is 23.9 Å². The highest BCUT2D eigenvalue weighted by Crippen LogP contribution is 2.36. The molecule has 4 rings (SSSR count). The van der Waals surface area contributed by atoms with Crippen LogP contribution < -0.4 is 15.8 Å². The predicted octanol–water partition coefficient (Wildman–Crippen LogP) is 2.17. The summed E-state index contributed by atoms with van der Waals surface area (Å²) in [7, 11) is -3.79. The van der Waals surface area contributed by atoms with Crippen LogP contribution in [0.5, 0.6) is 0 Å². The molecule has 0 radical (unpaired) electrons. The standard InChI is InChI=1S/C17H19N3O3S3/c18-26(22,23)15-4-2-1-3-13(15)24-16-8-7-14(25-16)17(21)20-12-9-10-5-6-11(12)19-10/h1-4,7-8,10-12,19H,5-6,9H2,(H,20,21)(H2,18,22,23)/t10-,11+,12-/m1/s1. The Morgan fingerprint density at radius 1 is 1.23 bits per heavy atom. The number of rotatable bonds is 5. The molecule has 2 saturated heterocycles. The zero-order valence-electron chi connectivity index (χ0n) is 13.8. The number of primary sulfonamides is 1. The van der Waals surface area contributed by atoms with Gasteiger partial charge in [0, 0.05) is 23.0 Å². The number of hydrogen-bond acceptors (Lipinski definition) is 6.